The summed E-state index contributed by atoms with van der Waals surface area (Å²) < 4.78 is 18.2. The number of anilines is 1. The number of nitrogens with one attached hydrogen (secondary N) is 1. The van der Waals surface area contributed by atoms with E-state index in [1.165, 1.54) is 31.7 Å². The van der Waals surface area contributed by atoms with Crippen LogP contribution in [0.4, 0.5) is 10.1 Å². The van der Waals surface area contributed by atoms with E-state index in [2.05, 4.69) is 19.2 Å². The van der Waals surface area contributed by atoms with Gasteiger partial charge in [0.2, 0.25) is 0 Å². The largest absolute Gasteiger partial charge is 0.465 e. The van der Waals surface area contributed by atoms with Crippen LogP contribution in [0.15, 0.2) is 18.2 Å². The van der Waals surface area contributed by atoms with Gasteiger partial charge in [0.05, 0.1) is 18.4 Å². The van der Waals surface area contributed by atoms with Gasteiger partial charge in [0, 0.05) is 6.04 Å². The molecule has 20 heavy (non-hydrogen) atoms. The van der Waals surface area contributed by atoms with E-state index in [1.807, 2.05) is 0 Å². The fourth-order valence-electron chi connectivity index (χ4n) is 3.21. The van der Waals surface area contributed by atoms with Gasteiger partial charge in [-0.2, -0.15) is 0 Å². The van der Waals surface area contributed by atoms with Gasteiger partial charge in [0.1, 0.15) is 5.82 Å². The first-order chi connectivity index (χ1) is 9.49. The van der Waals surface area contributed by atoms with E-state index in [1.54, 1.807) is 0 Å². The molecule has 0 aliphatic heterocycles. The fraction of sp³-hybridized carbons (Fsp3) is 0.562. The lowest BCUT2D eigenvalue weighted by atomic mass is 9.80. The molecule has 0 amide bonds. The van der Waals surface area contributed by atoms with Gasteiger partial charge < -0.3 is 10.1 Å². The van der Waals surface area contributed by atoms with Gasteiger partial charge in [-0.1, -0.05) is 13.8 Å². The van der Waals surface area contributed by atoms with E-state index >= 15 is 0 Å². The van der Waals surface area contributed by atoms with Gasteiger partial charge in [0.15, 0.2) is 0 Å². The second-order valence-corrected chi connectivity index (χ2v) is 5.94. The van der Waals surface area contributed by atoms with Crippen LogP contribution in [0.1, 0.15) is 43.5 Å². The molecule has 2 unspecified atom stereocenters. The van der Waals surface area contributed by atoms with Crippen molar-refractivity contribution in [2.24, 2.45) is 11.8 Å². The van der Waals surface area contributed by atoms with E-state index in [9.17, 15) is 9.18 Å². The molecule has 4 heteroatoms. The normalized spacial score (nSPS) is 26.1. The molecule has 2 rings (SSSR count). The third-order valence-corrected chi connectivity index (χ3v) is 3.93. The summed E-state index contributed by atoms with van der Waals surface area (Å²) in [5, 5.41) is 3.33. The average molecular weight is 279 g/mol. The predicted octanol–water partition coefficient (Wildman–Crippen LogP) is 3.85. The second-order valence-electron chi connectivity index (χ2n) is 5.94. The predicted molar refractivity (Wildman–Crippen MR) is 77.3 cm³/mol. The molecule has 0 aromatic heterocycles. The van der Waals surface area contributed by atoms with Crippen molar-refractivity contribution in [2.75, 3.05) is 12.4 Å². The van der Waals surface area contributed by atoms with E-state index in [4.69, 9.17) is 4.74 Å². The second kappa shape index (κ2) is 6.25. The highest BCUT2D eigenvalue weighted by Crippen LogP contribution is 2.31. The Kier molecular flexibility index (Phi) is 4.63. The Labute approximate surface area is 119 Å². The van der Waals surface area contributed by atoms with Crippen molar-refractivity contribution in [3.05, 3.63) is 29.6 Å². The lowest BCUT2D eigenvalue weighted by Crippen LogP contribution is -2.30. The minimum atomic E-state index is -0.440. The molecular formula is C16H22FNO2. The third kappa shape index (κ3) is 3.50. The van der Waals surface area contributed by atoms with Crippen LogP contribution >= 0.6 is 0 Å². The standard InChI is InChI=1S/C16H22FNO2/c1-10-6-11(2)8-13(7-10)18-15-9-12(17)4-5-14(15)16(19)20-3/h4-5,9-11,13,18H,6-8H2,1-3H3. The van der Waals surface area contributed by atoms with Crippen LogP contribution in [-0.2, 0) is 4.74 Å². The molecule has 1 aliphatic carbocycles. The highest BCUT2D eigenvalue weighted by atomic mass is 19.1. The van der Waals surface area contributed by atoms with Gasteiger partial charge in [-0.25, -0.2) is 9.18 Å². The number of rotatable bonds is 3. The van der Waals surface area contributed by atoms with E-state index in [0.717, 1.165) is 12.8 Å². The van der Waals surface area contributed by atoms with Gasteiger partial charge in [0.25, 0.3) is 0 Å². The molecule has 2 atom stereocenters. The number of methoxy groups -OCH3 is 1. The Morgan fingerprint density at radius 3 is 2.50 bits per heavy atom. The number of esters is 1. The molecule has 1 fully saturated rings. The number of carbonyl (C=O) groups is 1. The van der Waals surface area contributed by atoms with Crippen LogP contribution in [0, 0.1) is 17.7 Å². The first-order valence-electron chi connectivity index (χ1n) is 7.14. The molecule has 1 aromatic carbocycles. The zero-order valence-corrected chi connectivity index (χ0v) is 12.3. The summed E-state index contributed by atoms with van der Waals surface area (Å²) in [5.74, 6) is 0.499. The molecule has 0 saturated heterocycles. The molecule has 1 N–H and O–H groups in total. The van der Waals surface area contributed by atoms with Crippen molar-refractivity contribution in [3.63, 3.8) is 0 Å². The monoisotopic (exact) mass is 279 g/mol. The van der Waals surface area contributed by atoms with Crippen molar-refractivity contribution in [2.45, 2.75) is 39.2 Å². The number of carbonyl (C=O) groups excluding carboxylic acids is 1. The quantitative estimate of drug-likeness (QED) is 0.854. The molecule has 1 aromatic rings. The van der Waals surface area contributed by atoms with Gasteiger partial charge in [-0.3, -0.25) is 0 Å². The summed E-state index contributed by atoms with van der Waals surface area (Å²) >= 11 is 0. The Bertz CT molecular complexity index is 479. The Hall–Kier alpha value is -1.58. The topological polar surface area (TPSA) is 38.3 Å². The molecule has 0 spiro atoms. The Morgan fingerprint density at radius 1 is 1.25 bits per heavy atom. The van der Waals surface area contributed by atoms with Crippen LogP contribution < -0.4 is 5.32 Å². The summed E-state index contributed by atoms with van der Waals surface area (Å²) in [4.78, 5) is 11.7. The molecule has 0 heterocycles. The third-order valence-electron chi connectivity index (χ3n) is 3.93. The molecule has 0 bridgehead atoms. The summed E-state index contributed by atoms with van der Waals surface area (Å²) in [7, 11) is 1.33. The van der Waals surface area contributed by atoms with Crippen LogP contribution in [0.2, 0.25) is 0 Å². The Balaban J connectivity index is 2.19. The molecule has 110 valence electrons. The summed E-state index contributed by atoms with van der Waals surface area (Å²) in [6.45, 7) is 4.47. The molecule has 3 nitrogen and oxygen atoms in total. The van der Waals surface area contributed by atoms with Gasteiger partial charge in [-0.15, -0.1) is 0 Å². The summed E-state index contributed by atoms with van der Waals surface area (Å²) in [5.41, 5.74) is 0.919. The number of ether oxygens (including phenoxy) is 1. The molecule has 1 saturated carbocycles. The highest BCUT2D eigenvalue weighted by Gasteiger charge is 2.25. The maximum atomic E-state index is 13.4. The Morgan fingerprint density at radius 2 is 1.90 bits per heavy atom. The number of halogens is 1. The van der Waals surface area contributed by atoms with Crippen LogP contribution in [0.5, 0.6) is 0 Å². The minimum absolute atomic E-state index is 0.277. The molecular weight excluding hydrogens is 257 g/mol. The molecule has 0 radical (unpaired) electrons. The van der Waals surface area contributed by atoms with E-state index in [0.29, 0.717) is 23.1 Å². The average Bonchev–Trinajstić information content (AvgIpc) is 2.37. The zero-order chi connectivity index (χ0) is 14.7. The van der Waals surface area contributed by atoms with Crippen molar-refractivity contribution in [1.29, 1.82) is 0 Å². The minimum Gasteiger partial charge on any atom is -0.465 e. The molecule has 1 aliphatic rings. The summed E-state index contributed by atoms with van der Waals surface area (Å²) in [6, 6.07) is 4.40. The lowest BCUT2D eigenvalue weighted by Gasteiger charge is -2.33. The smallest absolute Gasteiger partial charge is 0.339 e. The SMILES string of the molecule is COC(=O)c1ccc(F)cc1NC1CC(C)CC(C)C1. The first kappa shape index (κ1) is 14.8. The number of benzene rings is 1. The summed E-state index contributed by atoms with van der Waals surface area (Å²) in [6.07, 6.45) is 3.31. The van der Waals surface area contributed by atoms with E-state index in [-0.39, 0.29) is 11.9 Å². The maximum Gasteiger partial charge on any atom is 0.339 e. The van der Waals surface area contributed by atoms with Crippen LogP contribution in [0.3, 0.4) is 0 Å². The number of hydrogen-bond acceptors (Lipinski definition) is 3. The van der Waals surface area contributed by atoms with Gasteiger partial charge in [-0.05, 0) is 49.3 Å². The van der Waals surface area contributed by atoms with Crippen molar-refractivity contribution in [1.82, 2.24) is 0 Å². The van der Waals surface area contributed by atoms with Crippen molar-refractivity contribution >= 4 is 11.7 Å². The first-order valence-corrected chi connectivity index (χ1v) is 7.14. The van der Waals surface area contributed by atoms with Crippen LogP contribution in [-0.4, -0.2) is 19.1 Å². The fourth-order valence-corrected chi connectivity index (χ4v) is 3.21. The van der Waals surface area contributed by atoms with E-state index < -0.39 is 5.97 Å². The lowest BCUT2D eigenvalue weighted by molar-refractivity contribution is 0.0601. The number of hydrogen-bond donors (Lipinski definition) is 1. The highest BCUT2D eigenvalue weighted by molar-refractivity contribution is 5.95. The maximum absolute atomic E-state index is 13.4. The van der Waals surface area contributed by atoms with Crippen molar-refractivity contribution in [3.8, 4) is 0 Å². The zero-order valence-electron chi connectivity index (χ0n) is 12.3. The van der Waals surface area contributed by atoms with Gasteiger partial charge >= 0.3 is 5.97 Å². The van der Waals surface area contributed by atoms with Crippen molar-refractivity contribution < 1.29 is 13.9 Å². The van der Waals surface area contributed by atoms with Crippen LogP contribution in [0.25, 0.3) is 0 Å².